The molecule has 1 amide bonds. The summed E-state index contributed by atoms with van der Waals surface area (Å²) in [7, 11) is 0. The van der Waals surface area contributed by atoms with E-state index in [1.807, 2.05) is 20.8 Å². The van der Waals surface area contributed by atoms with Gasteiger partial charge >= 0.3 is 0 Å². The summed E-state index contributed by atoms with van der Waals surface area (Å²) < 4.78 is 5.26. The van der Waals surface area contributed by atoms with Crippen LogP contribution in [0.1, 0.15) is 33.6 Å². The predicted molar refractivity (Wildman–Crippen MR) is 51.4 cm³/mol. The number of amides is 1. The van der Waals surface area contributed by atoms with Gasteiger partial charge in [0.2, 0.25) is 5.91 Å². The molecule has 0 aromatic carbocycles. The average Bonchev–Trinajstić information content (AvgIpc) is 2.50. The van der Waals surface area contributed by atoms with Crippen molar-refractivity contribution in [2.45, 2.75) is 39.2 Å². The molecule has 76 valence electrons. The molecule has 1 rings (SSSR count). The van der Waals surface area contributed by atoms with Gasteiger partial charge in [-0.05, 0) is 19.8 Å². The fourth-order valence-electron chi connectivity index (χ4n) is 1.37. The molecule has 1 N–H and O–H groups in total. The van der Waals surface area contributed by atoms with Gasteiger partial charge in [0.05, 0.1) is 12.1 Å². The largest absolute Gasteiger partial charge is 0.379 e. The van der Waals surface area contributed by atoms with E-state index in [1.54, 1.807) is 0 Å². The SMILES string of the molecule is CCC(C)C(=O)NC1(C)CCOC1. The lowest BCUT2D eigenvalue weighted by Crippen LogP contribution is -2.48. The zero-order valence-corrected chi connectivity index (χ0v) is 8.72. The minimum Gasteiger partial charge on any atom is -0.379 e. The minimum atomic E-state index is -0.124. The molecule has 0 aromatic rings. The van der Waals surface area contributed by atoms with E-state index in [0.717, 1.165) is 19.4 Å². The Morgan fingerprint density at radius 2 is 2.38 bits per heavy atom. The number of nitrogens with one attached hydrogen (secondary N) is 1. The number of hydrogen-bond acceptors (Lipinski definition) is 2. The van der Waals surface area contributed by atoms with Gasteiger partial charge in [-0.25, -0.2) is 0 Å². The van der Waals surface area contributed by atoms with Gasteiger partial charge in [0.1, 0.15) is 0 Å². The van der Waals surface area contributed by atoms with Gasteiger partial charge in [-0.2, -0.15) is 0 Å². The second-order valence-corrected chi connectivity index (χ2v) is 4.16. The van der Waals surface area contributed by atoms with Crippen molar-refractivity contribution in [3.05, 3.63) is 0 Å². The molecule has 0 radical (unpaired) electrons. The summed E-state index contributed by atoms with van der Waals surface area (Å²) in [6.07, 6.45) is 1.82. The third-order valence-corrected chi connectivity index (χ3v) is 2.70. The van der Waals surface area contributed by atoms with Crippen LogP contribution in [0.3, 0.4) is 0 Å². The van der Waals surface area contributed by atoms with E-state index < -0.39 is 0 Å². The van der Waals surface area contributed by atoms with Gasteiger partial charge in [-0.1, -0.05) is 13.8 Å². The van der Waals surface area contributed by atoms with Crippen molar-refractivity contribution in [3.63, 3.8) is 0 Å². The summed E-state index contributed by atoms with van der Waals surface area (Å²) in [5, 5.41) is 3.04. The first-order chi connectivity index (χ1) is 6.07. The number of carbonyl (C=O) groups is 1. The van der Waals surface area contributed by atoms with Crippen LogP contribution in [0.4, 0.5) is 0 Å². The molecule has 1 fully saturated rings. The van der Waals surface area contributed by atoms with Gasteiger partial charge < -0.3 is 10.1 Å². The topological polar surface area (TPSA) is 38.3 Å². The van der Waals surface area contributed by atoms with Crippen LogP contribution in [-0.4, -0.2) is 24.7 Å². The first-order valence-electron chi connectivity index (χ1n) is 4.97. The molecule has 0 bridgehead atoms. The van der Waals surface area contributed by atoms with Gasteiger partial charge in [0.25, 0.3) is 0 Å². The summed E-state index contributed by atoms with van der Waals surface area (Å²) in [5.74, 6) is 0.257. The summed E-state index contributed by atoms with van der Waals surface area (Å²) in [4.78, 5) is 11.6. The molecule has 0 spiro atoms. The Hall–Kier alpha value is -0.570. The van der Waals surface area contributed by atoms with E-state index in [0.29, 0.717) is 6.61 Å². The highest BCUT2D eigenvalue weighted by atomic mass is 16.5. The minimum absolute atomic E-state index is 0.109. The van der Waals surface area contributed by atoms with Crippen molar-refractivity contribution in [1.82, 2.24) is 5.32 Å². The monoisotopic (exact) mass is 185 g/mol. The molecule has 2 atom stereocenters. The fourth-order valence-corrected chi connectivity index (χ4v) is 1.37. The van der Waals surface area contributed by atoms with E-state index in [1.165, 1.54) is 0 Å². The Balaban J connectivity index is 2.43. The Labute approximate surface area is 79.8 Å². The van der Waals surface area contributed by atoms with Crippen LogP contribution in [0, 0.1) is 5.92 Å². The maximum Gasteiger partial charge on any atom is 0.223 e. The van der Waals surface area contributed by atoms with Gasteiger partial charge in [-0.15, -0.1) is 0 Å². The molecule has 1 aliphatic heterocycles. The van der Waals surface area contributed by atoms with Crippen LogP contribution in [0.25, 0.3) is 0 Å². The molecular formula is C10H19NO2. The lowest BCUT2D eigenvalue weighted by molar-refractivity contribution is -0.126. The zero-order chi connectivity index (χ0) is 9.90. The number of ether oxygens (including phenoxy) is 1. The molecule has 0 aliphatic carbocycles. The second-order valence-electron chi connectivity index (χ2n) is 4.16. The molecule has 1 saturated heterocycles. The normalized spacial score (nSPS) is 30.1. The number of rotatable bonds is 3. The number of hydrogen-bond donors (Lipinski definition) is 1. The van der Waals surface area contributed by atoms with Gasteiger partial charge in [0.15, 0.2) is 0 Å². The Kier molecular flexibility index (Phi) is 3.31. The molecule has 2 unspecified atom stereocenters. The lowest BCUT2D eigenvalue weighted by atomic mass is 9.99. The van der Waals surface area contributed by atoms with Crippen LogP contribution >= 0.6 is 0 Å². The van der Waals surface area contributed by atoms with Crippen molar-refractivity contribution in [3.8, 4) is 0 Å². The van der Waals surface area contributed by atoms with Crippen molar-refractivity contribution in [1.29, 1.82) is 0 Å². The second kappa shape index (κ2) is 4.09. The van der Waals surface area contributed by atoms with Gasteiger partial charge in [-0.3, -0.25) is 4.79 Å². The van der Waals surface area contributed by atoms with E-state index in [2.05, 4.69) is 5.32 Å². The lowest BCUT2D eigenvalue weighted by Gasteiger charge is -2.25. The summed E-state index contributed by atoms with van der Waals surface area (Å²) in [6, 6.07) is 0. The average molecular weight is 185 g/mol. The van der Waals surface area contributed by atoms with Crippen molar-refractivity contribution < 1.29 is 9.53 Å². The van der Waals surface area contributed by atoms with Crippen LogP contribution in [0.15, 0.2) is 0 Å². The quantitative estimate of drug-likeness (QED) is 0.720. The molecule has 0 saturated carbocycles. The number of carbonyl (C=O) groups excluding carboxylic acids is 1. The van der Waals surface area contributed by atoms with Crippen LogP contribution in [-0.2, 0) is 9.53 Å². The third kappa shape index (κ3) is 2.69. The third-order valence-electron chi connectivity index (χ3n) is 2.70. The Morgan fingerprint density at radius 3 is 2.85 bits per heavy atom. The predicted octanol–water partition coefficient (Wildman–Crippen LogP) is 1.33. The molecule has 3 nitrogen and oxygen atoms in total. The highest BCUT2D eigenvalue weighted by molar-refractivity contribution is 5.79. The maximum absolute atomic E-state index is 11.6. The van der Waals surface area contributed by atoms with Crippen LogP contribution < -0.4 is 5.32 Å². The van der Waals surface area contributed by atoms with E-state index in [-0.39, 0.29) is 17.4 Å². The molecule has 3 heteroatoms. The van der Waals surface area contributed by atoms with Crippen molar-refractivity contribution in [2.75, 3.05) is 13.2 Å². The van der Waals surface area contributed by atoms with Crippen LogP contribution in [0.2, 0.25) is 0 Å². The standard InChI is InChI=1S/C10H19NO2/c1-4-8(2)9(12)11-10(3)5-6-13-7-10/h8H,4-7H2,1-3H3,(H,11,12). The summed E-state index contributed by atoms with van der Waals surface area (Å²) in [6.45, 7) is 7.43. The van der Waals surface area contributed by atoms with Crippen LogP contribution in [0.5, 0.6) is 0 Å². The van der Waals surface area contributed by atoms with Crippen molar-refractivity contribution in [2.24, 2.45) is 5.92 Å². The first-order valence-corrected chi connectivity index (χ1v) is 4.97. The first kappa shape index (κ1) is 10.5. The summed E-state index contributed by atoms with van der Waals surface area (Å²) in [5.41, 5.74) is -0.124. The van der Waals surface area contributed by atoms with Crippen molar-refractivity contribution >= 4 is 5.91 Å². The van der Waals surface area contributed by atoms with Gasteiger partial charge in [0, 0.05) is 12.5 Å². The summed E-state index contributed by atoms with van der Waals surface area (Å²) >= 11 is 0. The molecule has 1 aliphatic rings. The molecule has 0 aromatic heterocycles. The molecule has 1 heterocycles. The smallest absolute Gasteiger partial charge is 0.223 e. The highest BCUT2D eigenvalue weighted by Gasteiger charge is 2.31. The van der Waals surface area contributed by atoms with E-state index in [9.17, 15) is 4.79 Å². The van der Waals surface area contributed by atoms with E-state index in [4.69, 9.17) is 4.74 Å². The highest BCUT2D eigenvalue weighted by Crippen LogP contribution is 2.18. The maximum atomic E-state index is 11.6. The fraction of sp³-hybridized carbons (Fsp3) is 0.900. The Bertz CT molecular complexity index is 185. The molecular weight excluding hydrogens is 166 g/mol. The van der Waals surface area contributed by atoms with E-state index >= 15 is 0 Å². The molecule has 13 heavy (non-hydrogen) atoms. The zero-order valence-electron chi connectivity index (χ0n) is 8.72. The Morgan fingerprint density at radius 1 is 1.69 bits per heavy atom.